The van der Waals surface area contributed by atoms with Crippen molar-refractivity contribution in [2.24, 2.45) is 0 Å². The third kappa shape index (κ3) is 1.79. The van der Waals surface area contributed by atoms with E-state index in [1.807, 2.05) is 0 Å². The van der Waals surface area contributed by atoms with E-state index in [0.717, 1.165) is 11.3 Å². The van der Waals surface area contributed by atoms with Crippen molar-refractivity contribution in [1.29, 1.82) is 0 Å². The minimum absolute atomic E-state index is 0.160. The summed E-state index contributed by atoms with van der Waals surface area (Å²) in [7, 11) is 1.59. The third-order valence-electron chi connectivity index (χ3n) is 2.38. The summed E-state index contributed by atoms with van der Waals surface area (Å²) in [6.45, 7) is 0.160. The van der Waals surface area contributed by atoms with Crippen LogP contribution in [-0.2, 0) is 4.79 Å². The molecule has 0 spiro atoms. The average molecular weight is 208 g/mol. The molecule has 1 fully saturated rings. The Bertz CT molecular complexity index is 363. The number of hydrogen-bond donors (Lipinski definition) is 2. The Morgan fingerprint density at radius 2 is 2.13 bits per heavy atom. The van der Waals surface area contributed by atoms with Gasteiger partial charge in [-0.1, -0.05) is 12.1 Å². The minimum Gasteiger partial charge on any atom is -0.497 e. The number of benzene rings is 1. The Labute approximate surface area is 87.2 Å². The molecule has 2 N–H and O–H groups in total. The molecule has 1 heterocycles. The first kappa shape index (κ1) is 9.95. The van der Waals surface area contributed by atoms with E-state index in [1.54, 1.807) is 31.4 Å². The maximum absolute atomic E-state index is 11.1. The molecule has 0 bridgehead atoms. The zero-order valence-electron chi connectivity index (χ0n) is 8.30. The van der Waals surface area contributed by atoms with Gasteiger partial charge in [-0.3, -0.25) is 15.3 Å². The molecule has 2 rings (SSSR count). The zero-order chi connectivity index (χ0) is 10.8. The van der Waals surface area contributed by atoms with Crippen LogP contribution < -0.4 is 10.1 Å². The Hall–Kier alpha value is -1.59. The van der Waals surface area contributed by atoms with E-state index in [9.17, 15) is 10.0 Å². The van der Waals surface area contributed by atoms with Gasteiger partial charge in [0, 0.05) is 0 Å². The summed E-state index contributed by atoms with van der Waals surface area (Å²) >= 11 is 0. The Balaban J connectivity index is 2.19. The monoisotopic (exact) mass is 208 g/mol. The minimum atomic E-state index is -0.455. The highest BCUT2D eigenvalue weighted by atomic mass is 16.5. The molecule has 1 aromatic carbocycles. The van der Waals surface area contributed by atoms with Crippen molar-refractivity contribution < 1.29 is 14.7 Å². The van der Waals surface area contributed by atoms with Crippen molar-refractivity contribution in [3.63, 3.8) is 0 Å². The number of nitrogens with one attached hydrogen (secondary N) is 1. The van der Waals surface area contributed by atoms with E-state index in [2.05, 4.69) is 5.32 Å². The molecule has 1 amide bonds. The normalized spacial score (nSPS) is 20.8. The smallest absolute Gasteiger partial charge is 0.261 e. The highest BCUT2D eigenvalue weighted by Gasteiger charge is 2.30. The van der Waals surface area contributed by atoms with Crippen LogP contribution in [0.3, 0.4) is 0 Å². The van der Waals surface area contributed by atoms with Crippen LogP contribution in [-0.4, -0.2) is 29.8 Å². The summed E-state index contributed by atoms with van der Waals surface area (Å²) in [6, 6.07) is 7.18. The van der Waals surface area contributed by atoms with Gasteiger partial charge in [0.15, 0.2) is 0 Å². The Kier molecular flexibility index (Phi) is 2.57. The summed E-state index contributed by atoms with van der Waals surface area (Å²) in [4.78, 5) is 11.1. The Morgan fingerprint density at radius 1 is 1.47 bits per heavy atom. The molecule has 15 heavy (non-hydrogen) atoms. The molecule has 0 aliphatic carbocycles. The fraction of sp³-hybridized carbons (Fsp3) is 0.300. The van der Waals surface area contributed by atoms with Gasteiger partial charge in [-0.2, -0.15) is 0 Å². The van der Waals surface area contributed by atoms with Gasteiger partial charge in [-0.25, -0.2) is 5.06 Å². The topological polar surface area (TPSA) is 61.8 Å². The molecule has 1 aliphatic heterocycles. The van der Waals surface area contributed by atoms with Gasteiger partial charge in [-0.15, -0.1) is 0 Å². The number of carbonyl (C=O) groups is 1. The van der Waals surface area contributed by atoms with Crippen molar-refractivity contribution in [3.8, 4) is 5.75 Å². The molecular formula is C10H12N2O3. The quantitative estimate of drug-likeness (QED) is 0.695. The molecule has 1 saturated heterocycles. The van der Waals surface area contributed by atoms with Crippen LogP contribution >= 0.6 is 0 Å². The second-order valence-corrected chi connectivity index (χ2v) is 3.29. The first-order valence-corrected chi connectivity index (χ1v) is 4.60. The second-order valence-electron chi connectivity index (χ2n) is 3.29. The third-order valence-corrected chi connectivity index (χ3v) is 2.38. The number of hydrogen-bond acceptors (Lipinski definition) is 4. The van der Waals surface area contributed by atoms with Gasteiger partial charge >= 0.3 is 0 Å². The molecular weight excluding hydrogens is 196 g/mol. The SMILES string of the molecule is COc1ccc(C2NCC(=O)N2O)cc1. The van der Waals surface area contributed by atoms with Gasteiger partial charge < -0.3 is 4.74 Å². The lowest BCUT2D eigenvalue weighted by Gasteiger charge is -2.17. The number of rotatable bonds is 2. The lowest BCUT2D eigenvalue weighted by Crippen LogP contribution is -2.26. The molecule has 5 nitrogen and oxygen atoms in total. The molecule has 80 valence electrons. The van der Waals surface area contributed by atoms with Gasteiger partial charge in [0.1, 0.15) is 11.9 Å². The fourth-order valence-corrected chi connectivity index (χ4v) is 1.54. The van der Waals surface area contributed by atoms with Crippen LogP contribution in [0.2, 0.25) is 0 Å². The van der Waals surface area contributed by atoms with Crippen LogP contribution in [0.15, 0.2) is 24.3 Å². The van der Waals surface area contributed by atoms with Gasteiger partial charge in [0.2, 0.25) is 0 Å². The lowest BCUT2D eigenvalue weighted by atomic mass is 10.2. The fourth-order valence-electron chi connectivity index (χ4n) is 1.54. The van der Waals surface area contributed by atoms with Crippen LogP contribution in [0, 0.1) is 0 Å². The van der Waals surface area contributed by atoms with Crippen LogP contribution in [0.5, 0.6) is 5.75 Å². The van der Waals surface area contributed by atoms with Crippen LogP contribution in [0.1, 0.15) is 11.7 Å². The maximum Gasteiger partial charge on any atom is 0.261 e. The van der Waals surface area contributed by atoms with Crippen molar-refractivity contribution >= 4 is 5.91 Å². The average Bonchev–Trinajstić information content (AvgIpc) is 2.60. The summed E-state index contributed by atoms with van der Waals surface area (Å²) in [6.07, 6.45) is -0.455. The number of nitrogens with zero attached hydrogens (tertiary/aromatic N) is 1. The second kappa shape index (κ2) is 3.88. The van der Waals surface area contributed by atoms with E-state index in [1.165, 1.54) is 0 Å². The van der Waals surface area contributed by atoms with Gasteiger partial charge in [0.05, 0.1) is 13.7 Å². The van der Waals surface area contributed by atoms with Crippen LogP contribution in [0.4, 0.5) is 0 Å². The zero-order valence-corrected chi connectivity index (χ0v) is 8.30. The summed E-state index contributed by atoms with van der Waals surface area (Å²) in [5.74, 6) is 0.420. The number of amides is 1. The molecule has 0 saturated carbocycles. The van der Waals surface area contributed by atoms with E-state index in [4.69, 9.17) is 4.74 Å². The number of carbonyl (C=O) groups excluding carboxylic acids is 1. The van der Waals surface area contributed by atoms with Gasteiger partial charge in [0.25, 0.3) is 5.91 Å². The largest absolute Gasteiger partial charge is 0.497 e. The van der Waals surface area contributed by atoms with Crippen molar-refractivity contribution in [2.45, 2.75) is 6.17 Å². The Morgan fingerprint density at radius 3 is 2.60 bits per heavy atom. The molecule has 1 aliphatic rings. The molecule has 0 radical (unpaired) electrons. The summed E-state index contributed by atoms with van der Waals surface area (Å²) < 4.78 is 5.02. The van der Waals surface area contributed by atoms with E-state index >= 15 is 0 Å². The first-order chi connectivity index (χ1) is 7.22. The summed E-state index contributed by atoms with van der Waals surface area (Å²) in [5, 5.41) is 13.0. The standard InChI is InChI=1S/C10H12N2O3/c1-15-8-4-2-7(3-5-8)10-11-6-9(13)12(10)14/h2-5,10-11,14H,6H2,1H3. The predicted molar refractivity (Wildman–Crippen MR) is 52.4 cm³/mol. The van der Waals surface area contributed by atoms with E-state index < -0.39 is 6.17 Å². The van der Waals surface area contributed by atoms with Crippen molar-refractivity contribution in [1.82, 2.24) is 10.4 Å². The lowest BCUT2D eigenvalue weighted by molar-refractivity contribution is -0.165. The molecule has 1 unspecified atom stereocenters. The molecule has 1 aromatic rings. The van der Waals surface area contributed by atoms with Crippen LogP contribution in [0.25, 0.3) is 0 Å². The molecule has 1 atom stereocenters. The number of methoxy groups -OCH3 is 1. The number of ether oxygens (including phenoxy) is 1. The molecule has 0 aromatic heterocycles. The summed E-state index contributed by atoms with van der Waals surface area (Å²) in [5.41, 5.74) is 0.823. The predicted octanol–water partition coefficient (Wildman–Crippen LogP) is 0.515. The highest BCUT2D eigenvalue weighted by Crippen LogP contribution is 2.22. The number of hydroxylamine groups is 2. The van der Waals surface area contributed by atoms with Crippen molar-refractivity contribution in [3.05, 3.63) is 29.8 Å². The van der Waals surface area contributed by atoms with E-state index in [0.29, 0.717) is 5.06 Å². The first-order valence-electron chi connectivity index (χ1n) is 4.60. The molecule has 5 heteroatoms. The van der Waals surface area contributed by atoms with Gasteiger partial charge in [-0.05, 0) is 17.7 Å². The van der Waals surface area contributed by atoms with E-state index in [-0.39, 0.29) is 12.5 Å². The highest BCUT2D eigenvalue weighted by molar-refractivity contribution is 5.79. The van der Waals surface area contributed by atoms with Crippen molar-refractivity contribution in [2.75, 3.05) is 13.7 Å². The maximum atomic E-state index is 11.1.